The van der Waals surface area contributed by atoms with Gasteiger partial charge in [-0.3, -0.25) is 0 Å². The molecular formula is C18H21NO2. The molecule has 3 rings (SSSR count). The van der Waals surface area contributed by atoms with E-state index < -0.39 is 6.10 Å². The van der Waals surface area contributed by atoms with Crippen LogP contribution in [-0.4, -0.2) is 25.3 Å². The summed E-state index contributed by atoms with van der Waals surface area (Å²) in [6, 6.07) is 16.0. The monoisotopic (exact) mass is 283 g/mol. The van der Waals surface area contributed by atoms with Crippen molar-refractivity contribution in [2.24, 2.45) is 0 Å². The lowest BCUT2D eigenvalue weighted by Gasteiger charge is -2.30. The minimum atomic E-state index is -0.557. The van der Waals surface area contributed by atoms with Crippen LogP contribution in [0.3, 0.4) is 0 Å². The lowest BCUT2D eigenvalue weighted by Crippen LogP contribution is -2.30. The van der Waals surface area contributed by atoms with Gasteiger partial charge < -0.3 is 14.7 Å². The highest BCUT2D eigenvalue weighted by Crippen LogP contribution is 2.33. The van der Waals surface area contributed by atoms with Gasteiger partial charge >= 0.3 is 0 Å². The molecule has 2 unspecified atom stereocenters. The van der Waals surface area contributed by atoms with Crippen LogP contribution in [0.2, 0.25) is 0 Å². The third kappa shape index (κ3) is 2.88. The Labute approximate surface area is 125 Å². The molecule has 110 valence electrons. The molecule has 3 nitrogen and oxygen atoms in total. The number of fused-ring (bicyclic) bond motifs is 1. The van der Waals surface area contributed by atoms with Crippen LogP contribution in [0.4, 0.5) is 5.69 Å². The average Bonchev–Trinajstić information content (AvgIpc) is 2.51. The van der Waals surface area contributed by atoms with E-state index in [1.54, 1.807) is 0 Å². The fraction of sp³-hybridized carbons (Fsp3) is 0.333. The minimum Gasteiger partial charge on any atom is -0.487 e. The molecule has 0 aromatic heterocycles. The van der Waals surface area contributed by atoms with Crippen LogP contribution in [0, 0.1) is 0 Å². The van der Waals surface area contributed by atoms with Crippen LogP contribution in [0.25, 0.3) is 0 Å². The van der Waals surface area contributed by atoms with Gasteiger partial charge in [0, 0.05) is 25.8 Å². The van der Waals surface area contributed by atoms with Gasteiger partial charge in [-0.2, -0.15) is 0 Å². The minimum absolute atomic E-state index is 0.183. The molecule has 3 heteroatoms. The van der Waals surface area contributed by atoms with Crippen LogP contribution >= 0.6 is 0 Å². The van der Waals surface area contributed by atoms with Crippen LogP contribution in [0.5, 0.6) is 5.75 Å². The Morgan fingerprint density at radius 1 is 1.10 bits per heavy atom. The second-order valence-corrected chi connectivity index (χ2v) is 5.73. The number of benzene rings is 2. The lowest BCUT2D eigenvalue weighted by molar-refractivity contribution is 0.0231. The zero-order chi connectivity index (χ0) is 14.8. The number of anilines is 1. The zero-order valence-corrected chi connectivity index (χ0v) is 12.5. The third-order valence-corrected chi connectivity index (χ3v) is 4.05. The number of hydrogen-bond donors (Lipinski definition) is 1. The Morgan fingerprint density at radius 3 is 2.71 bits per heavy atom. The summed E-state index contributed by atoms with van der Waals surface area (Å²) in [5.74, 6) is 0.810. The maximum Gasteiger partial charge on any atom is 0.129 e. The molecule has 0 bridgehead atoms. The first-order valence-corrected chi connectivity index (χ1v) is 7.35. The third-order valence-electron chi connectivity index (χ3n) is 4.05. The van der Waals surface area contributed by atoms with E-state index in [0.29, 0.717) is 0 Å². The molecule has 0 amide bonds. The van der Waals surface area contributed by atoms with Crippen molar-refractivity contribution >= 4 is 5.69 Å². The van der Waals surface area contributed by atoms with E-state index >= 15 is 0 Å². The van der Waals surface area contributed by atoms with Crippen molar-refractivity contribution in [3.05, 3.63) is 59.7 Å². The molecule has 0 saturated carbocycles. The van der Waals surface area contributed by atoms with Crippen molar-refractivity contribution in [1.82, 2.24) is 0 Å². The largest absolute Gasteiger partial charge is 0.487 e. The van der Waals surface area contributed by atoms with E-state index in [-0.39, 0.29) is 6.10 Å². The first kappa shape index (κ1) is 14.0. The first-order chi connectivity index (χ1) is 10.1. The van der Waals surface area contributed by atoms with E-state index in [1.807, 2.05) is 61.5 Å². The van der Waals surface area contributed by atoms with Crippen LogP contribution in [0.15, 0.2) is 48.5 Å². The molecule has 0 fully saturated rings. The molecule has 1 N–H and O–H groups in total. The van der Waals surface area contributed by atoms with E-state index in [1.165, 1.54) is 5.56 Å². The highest BCUT2D eigenvalue weighted by atomic mass is 16.5. The zero-order valence-electron chi connectivity index (χ0n) is 12.5. The summed E-state index contributed by atoms with van der Waals surface area (Å²) in [5, 5.41) is 10.5. The maximum absolute atomic E-state index is 10.5. The van der Waals surface area contributed by atoms with Gasteiger partial charge in [-0.05, 0) is 36.1 Å². The van der Waals surface area contributed by atoms with Crippen LogP contribution in [-0.2, 0) is 6.42 Å². The normalized spacial score (nSPS) is 20.7. The Morgan fingerprint density at radius 2 is 1.90 bits per heavy atom. The number of aryl methyl sites for hydroxylation is 1. The summed E-state index contributed by atoms with van der Waals surface area (Å²) >= 11 is 0. The number of rotatable bonds is 3. The van der Waals surface area contributed by atoms with Crippen molar-refractivity contribution in [1.29, 1.82) is 0 Å². The van der Waals surface area contributed by atoms with Crippen molar-refractivity contribution in [3.63, 3.8) is 0 Å². The Balaban J connectivity index is 1.79. The SMILES string of the molecule is CN(C)c1cccc(OC2CCc3ccccc3C2O)c1. The van der Waals surface area contributed by atoms with Gasteiger partial charge in [0.1, 0.15) is 18.0 Å². The number of ether oxygens (including phenoxy) is 1. The van der Waals surface area contributed by atoms with Crippen LogP contribution in [0.1, 0.15) is 23.7 Å². The van der Waals surface area contributed by atoms with E-state index in [0.717, 1.165) is 29.8 Å². The second kappa shape index (κ2) is 5.78. The molecule has 21 heavy (non-hydrogen) atoms. The van der Waals surface area contributed by atoms with Gasteiger partial charge in [0.05, 0.1) is 0 Å². The van der Waals surface area contributed by atoms with E-state index in [9.17, 15) is 5.11 Å². The molecule has 1 aliphatic carbocycles. The summed E-state index contributed by atoms with van der Waals surface area (Å²) in [6.45, 7) is 0. The molecular weight excluding hydrogens is 262 g/mol. The molecule has 1 aliphatic rings. The maximum atomic E-state index is 10.5. The summed E-state index contributed by atoms with van der Waals surface area (Å²) in [6.07, 6.45) is 1.05. The fourth-order valence-electron chi connectivity index (χ4n) is 2.84. The van der Waals surface area contributed by atoms with Gasteiger partial charge in [0.2, 0.25) is 0 Å². The summed E-state index contributed by atoms with van der Waals surface area (Å²) in [7, 11) is 4.01. The summed E-state index contributed by atoms with van der Waals surface area (Å²) in [5.41, 5.74) is 3.32. The Hall–Kier alpha value is -2.00. The molecule has 2 atom stereocenters. The molecule has 0 radical (unpaired) electrons. The average molecular weight is 283 g/mol. The fourth-order valence-corrected chi connectivity index (χ4v) is 2.84. The predicted molar refractivity (Wildman–Crippen MR) is 84.9 cm³/mol. The lowest BCUT2D eigenvalue weighted by atomic mass is 9.87. The Kier molecular flexibility index (Phi) is 3.84. The first-order valence-electron chi connectivity index (χ1n) is 7.35. The standard InChI is InChI=1S/C18H21NO2/c1-19(2)14-7-5-8-15(12-14)21-17-11-10-13-6-3-4-9-16(13)18(17)20/h3-9,12,17-18,20H,10-11H2,1-2H3. The van der Waals surface area contributed by atoms with Gasteiger partial charge in [-0.25, -0.2) is 0 Å². The van der Waals surface area contributed by atoms with E-state index in [4.69, 9.17) is 4.74 Å². The van der Waals surface area contributed by atoms with Crippen molar-refractivity contribution in [2.75, 3.05) is 19.0 Å². The number of nitrogens with zero attached hydrogens (tertiary/aromatic N) is 1. The molecule has 0 heterocycles. The molecule has 2 aromatic carbocycles. The molecule has 0 aliphatic heterocycles. The quantitative estimate of drug-likeness (QED) is 0.939. The topological polar surface area (TPSA) is 32.7 Å². The van der Waals surface area contributed by atoms with Crippen molar-refractivity contribution in [3.8, 4) is 5.75 Å². The highest BCUT2D eigenvalue weighted by Gasteiger charge is 2.29. The number of hydrogen-bond acceptors (Lipinski definition) is 3. The molecule has 2 aromatic rings. The van der Waals surface area contributed by atoms with E-state index in [2.05, 4.69) is 6.07 Å². The van der Waals surface area contributed by atoms with Crippen molar-refractivity contribution in [2.45, 2.75) is 25.0 Å². The molecule has 0 spiro atoms. The highest BCUT2D eigenvalue weighted by molar-refractivity contribution is 5.49. The van der Waals surface area contributed by atoms with Crippen LogP contribution < -0.4 is 9.64 Å². The number of aliphatic hydroxyl groups excluding tert-OH is 1. The number of aliphatic hydroxyl groups is 1. The molecule has 0 saturated heterocycles. The summed E-state index contributed by atoms with van der Waals surface area (Å²) in [4.78, 5) is 2.04. The smallest absolute Gasteiger partial charge is 0.129 e. The van der Waals surface area contributed by atoms with Gasteiger partial charge in [0.15, 0.2) is 0 Å². The van der Waals surface area contributed by atoms with Crippen molar-refractivity contribution < 1.29 is 9.84 Å². The van der Waals surface area contributed by atoms with Gasteiger partial charge in [-0.15, -0.1) is 0 Å². The second-order valence-electron chi connectivity index (χ2n) is 5.73. The van der Waals surface area contributed by atoms with Gasteiger partial charge in [-0.1, -0.05) is 30.3 Å². The van der Waals surface area contributed by atoms with Gasteiger partial charge in [0.25, 0.3) is 0 Å². The predicted octanol–water partition coefficient (Wildman–Crippen LogP) is 3.18. The Bertz CT molecular complexity index is 624. The summed E-state index contributed by atoms with van der Waals surface area (Å²) < 4.78 is 6.04.